The zero-order valence-electron chi connectivity index (χ0n) is 24.0. The normalized spacial score (nSPS) is 23.3. The van der Waals surface area contributed by atoms with Crippen molar-refractivity contribution < 1.29 is 24.2 Å². The first-order valence-electron chi connectivity index (χ1n) is 14.0. The van der Waals surface area contributed by atoms with Gasteiger partial charge in [0.2, 0.25) is 0 Å². The molecule has 0 spiro atoms. The number of cyclic esters (lactones) is 1. The molecule has 2 N–H and O–H groups in total. The topological polar surface area (TPSA) is 126 Å². The van der Waals surface area contributed by atoms with Gasteiger partial charge in [0.1, 0.15) is 12.4 Å². The number of ether oxygens (including phenoxy) is 2. The number of fused-ring (bicyclic) bond motifs is 5. The molecule has 0 aliphatic carbocycles. The Balaban J connectivity index is 1.44. The van der Waals surface area contributed by atoms with Crippen LogP contribution in [0.4, 0.5) is 4.79 Å². The molecule has 0 radical (unpaired) electrons. The highest BCUT2D eigenvalue weighted by Crippen LogP contribution is 2.40. The van der Waals surface area contributed by atoms with Crippen molar-refractivity contribution in [1.29, 1.82) is 0 Å². The van der Waals surface area contributed by atoms with Gasteiger partial charge < -0.3 is 34.3 Å². The number of aromatic nitrogens is 2. The number of carbonyl (C=O) groups excluding carboxylic acids is 2. The Morgan fingerprint density at radius 2 is 2.05 bits per heavy atom. The minimum atomic E-state index is -1.88. The number of esters is 1. The van der Waals surface area contributed by atoms with Gasteiger partial charge in [-0.05, 0) is 58.6 Å². The van der Waals surface area contributed by atoms with Crippen molar-refractivity contribution in [2.75, 3.05) is 27.2 Å². The molecule has 41 heavy (non-hydrogen) atoms. The van der Waals surface area contributed by atoms with Crippen LogP contribution in [-0.4, -0.2) is 75.8 Å². The smallest absolute Gasteiger partial charge is 0.415 e. The van der Waals surface area contributed by atoms with Crippen molar-refractivity contribution in [2.24, 2.45) is 0 Å². The fourth-order valence-electron chi connectivity index (χ4n) is 6.09. The predicted molar refractivity (Wildman–Crippen MR) is 152 cm³/mol. The third-order valence-corrected chi connectivity index (χ3v) is 8.43. The minimum Gasteiger partial charge on any atom is -0.458 e. The monoisotopic (exact) mass is 561 g/mol. The van der Waals surface area contributed by atoms with E-state index in [4.69, 9.17) is 14.5 Å². The van der Waals surface area contributed by atoms with E-state index in [9.17, 15) is 19.5 Å². The lowest BCUT2D eigenvalue weighted by Crippen LogP contribution is -2.56. The van der Waals surface area contributed by atoms with E-state index in [1.165, 1.54) is 0 Å². The molecule has 1 amide bonds. The number of aliphatic hydroxyl groups is 1. The predicted octanol–water partition coefficient (Wildman–Crippen LogP) is 2.32. The largest absolute Gasteiger partial charge is 0.458 e. The van der Waals surface area contributed by atoms with Gasteiger partial charge in [0, 0.05) is 53.8 Å². The number of nitrogens with one attached hydrogen (secondary N) is 1. The lowest BCUT2D eigenvalue weighted by atomic mass is 9.86. The van der Waals surface area contributed by atoms with Crippen LogP contribution in [-0.2, 0) is 34.8 Å². The Morgan fingerprint density at radius 1 is 1.27 bits per heavy atom. The van der Waals surface area contributed by atoms with Crippen LogP contribution in [0, 0.1) is 0 Å². The second-order valence-electron chi connectivity index (χ2n) is 11.6. The highest BCUT2D eigenvalue weighted by Gasteiger charge is 2.45. The summed E-state index contributed by atoms with van der Waals surface area (Å²) in [5.74, 6) is -0.273. The summed E-state index contributed by atoms with van der Waals surface area (Å²) in [4.78, 5) is 47.9. The lowest BCUT2D eigenvalue weighted by molar-refractivity contribution is -0.172. The fourth-order valence-corrected chi connectivity index (χ4v) is 6.09. The van der Waals surface area contributed by atoms with Crippen LogP contribution in [0.2, 0.25) is 0 Å². The number of carbonyl (C=O) groups is 2. The molecule has 6 rings (SSSR count). The molecule has 1 unspecified atom stereocenters. The van der Waals surface area contributed by atoms with Gasteiger partial charge in [0.25, 0.3) is 5.56 Å². The average Bonchev–Trinajstić information content (AvgIpc) is 3.30. The quantitative estimate of drug-likeness (QED) is 0.361. The summed E-state index contributed by atoms with van der Waals surface area (Å²) in [6.45, 7) is 7.61. The molecule has 11 nitrogen and oxygen atoms in total. The SMILES string of the molecule is CCC1(O)C(=O)OCc2c1cc1n(c2=O)Cc2cc3c(CN(C)C)c(OC(=O)N4C[C@@H](C)NC[C@@H]4C)ccc3nc2-1. The molecule has 2 aromatic heterocycles. The van der Waals surface area contributed by atoms with Gasteiger partial charge in [0.15, 0.2) is 5.60 Å². The van der Waals surface area contributed by atoms with E-state index in [0.717, 1.165) is 16.5 Å². The Morgan fingerprint density at radius 3 is 2.78 bits per heavy atom. The number of pyridine rings is 2. The zero-order valence-corrected chi connectivity index (χ0v) is 24.0. The maximum Gasteiger partial charge on any atom is 0.415 e. The van der Waals surface area contributed by atoms with E-state index in [2.05, 4.69) is 5.32 Å². The highest BCUT2D eigenvalue weighted by molar-refractivity contribution is 5.90. The number of amides is 1. The van der Waals surface area contributed by atoms with Crippen molar-refractivity contribution in [1.82, 2.24) is 24.7 Å². The van der Waals surface area contributed by atoms with Crippen LogP contribution < -0.4 is 15.6 Å². The Bertz CT molecular complexity index is 1650. The van der Waals surface area contributed by atoms with Gasteiger partial charge in [-0.1, -0.05) is 6.92 Å². The van der Waals surface area contributed by atoms with Crippen LogP contribution in [0.1, 0.15) is 49.4 Å². The van der Waals surface area contributed by atoms with Gasteiger partial charge in [-0.15, -0.1) is 0 Å². The molecule has 0 bridgehead atoms. The van der Waals surface area contributed by atoms with Crippen molar-refractivity contribution >= 4 is 23.0 Å². The van der Waals surface area contributed by atoms with Crippen LogP contribution in [0.25, 0.3) is 22.3 Å². The third kappa shape index (κ3) is 4.39. The summed E-state index contributed by atoms with van der Waals surface area (Å²) in [5, 5.41) is 15.3. The molecule has 0 saturated carbocycles. The highest BCUT2D eigenvalue weighted by atomic mass is 16.6. The Labute approximate surface area is 237 Å². The molecule has 216 valence electrons. The number of piperazine rings is 1. The summed E-state index contributed by atoms with van der Waals surface area (Å²) in [6, 6.07) is 7.49. The van der Waals surface area contributed by atoms with E-state index < -0.39 is 11.6 Å². The van der Waals surface area contributed by atoms with Gasteiger partial charge in [0.05, 0.1) is 29.0 Å². The summed E-state index contributed by atoms with van der Waals surface area (Å²) in [6.07, 6.45) is -0.301. The molecule has 3 aliphatic heterocycles. The van der Waals surface area contributed by atoms with E-state index >= 15 is 0 Å². The first kappa shape index (κ1) is 27.4. The van der Waals surface area contributed by atoms with E-state index in [-0.39, 0.29) is 47.9 Å². The summed E-state index contributed by atoms with van der Waals surface area (Å²) in [7, 11) is 3.90. The molecule has 1 fully saturated rings. The summed E-state index contributed by atoms with van der Waals surface area (Å²) in [5.41, 5.74) is 1.92. The lowest BCUT2D eigenvalue weighted by Gasteiger charge is -2.36. The van der Waals surface area contributed by atoms with Crippen LogP contribution in [0.15, 0.2) is 29.1 Å². The minimum absolute atomic E-state index is 0.00934. The first-order valence-corrected chi connectivity index (χ1v) is 14.0. The second kappa shape index (κ2) is 9.93. The molecule has 11 heteroatoms. The number of hydrogen-bond donors (Lipinski definition) is 2. The van der Waals surface area contributed by atoms with E-state index in [1.807, 2.05) is 45.0 Å². The van der Waals surface area contributed by atoms with Crippen LogP contribution in [0.3, 0.4) is 0 Å². The number of hydrogen-bond acceptors (Lipinski definition) is 9. The van der Waals surface area contributed by atoms with Gasteiger partial charge in [-0.3, -0.25) is 4.79 Å². The summed E-state index contributed by atoms with van der Waals surface area (Å²) >= 11 is 0. The zero-order chi connectivity index (χ0) is 29.2. The Kier molecular flexibility index (Phi) is 6.63. The summed E-state index contributed by atoms with van der Waals surface area (Å²) < 4.78 is 12.8. The van der Waals surface area contributed by atoms with Crippen LogP contribution >= 0.6 is 0 Å². The molecular formula is C30H35N5O6. The van der Waals surface area contributed by atoms with Crippen molar-refractivity contribution in [3.8, 4) is 17.1 Å². The standard InChI is InChI=1S/C30H35N5O6/c1-6-30(39)22-10-24-26-18(13-35(24)27(36)21(22)15-40-28(30)37)9-19-20(14-33(4)5)25(8-7-23(19)32-26)41-29(38)34-12-16(2)31-11-17(34)3/h7-10,16-17,31,39H,6,11-15H2,1-5H3/t16-,17+,30?/m1/s1. The molecule has 3 aromatic rings. The van der Waals surface area contributed by atoms with Crippen molar-refractivity contribution in [3.05, 3.63) is 56.9 Å². The van der Waals surface area contributed by atoms with E-state index in [1.54, 1.807) is 28.5 Å². The molecule has 5 heterocycles. The third-order valence-electron chi connectivity index (χ3n) is 8.43. The first-order chi connectivity index (χ1) is 19.5. The van der Waals surface area contributed by atoms with Crippen molar-refractivity contribution in [2.45, 2.75) is 64.6 Å². The molecule has 1 saturated heterocycles. The molecule has 3 aliphatic rings. The van der Waals surface area contributed by atoms with Gasteiger partial charge >= 0.3 is 12.1 Å². The molecule has 1 aromatic carbocycles. The number of benzene rings is 1. The number of rotatable bonds is 4. The van der Waals surface area contributed by atoms with Gasteiger partial charge in [-0.25, -0.2) is 14.6 Å². The average molecular weight is 562 g/mol. The maximum atomic E-state index is 13.5. The Hall–Kier alpha value is -3.80. The second-order valence-corrected chi connectivity index (χ2v) is 11.6. The fraction of sp³-hybridized carbons (Fsp3) is 0.467. The van der Waals surface area contributed by atoms with Crippen LogP contribution in [0.5, 0.6) is 5.75 Å². The van der Waals surface area contributed by atoms with E-state index in [0.29, 0.717) is 48.8 Å². The number of nitrogens with zero attached hydrogens (tertiary/aromatic N) is 4. The molecule has 3 atom stereocenters. The maximum absolute atomic E-state index is 13.5. The van der Waals surface area contributed by atoms with Crippen molar-refractivity contribution in [3.63, 3.8) is 0 Å². The van der Waals surface area contributed by atoms with Gasteiger partial charge in [-0.2, -0.15) is 0 Å². The molecular weight excluding hydrogens is 526 g/mol.